The fourth-order valence-electron chi connectivity index (χ4n) is 1.54. The van der Waals surface area contributed by atoms with E-state index in [2.05, 4.69) is 5.43 Å². The summed E-state index contributed by atoms with van der Waals surface area (Å²) in [6.07, 6.45) is 2.26. The molecule has 1 amide bonds. The summed E-state index contributed by atoms with van der Waals surface area (Å²) in [4.78, 5) is 13.7. The predicted octanol–water partition coefficient (Wildman–Crippen LogP) is 1.21. The molecule has 0 bridgehead atoms. The van der Waals surface area contributed by atoms with E-state index < -0.39 is 0 Å². The van der Waals surface area contributed by atoms with E-state index in [1.165, 1.54) is 0 Å². The van der Waals surface area contributed by atoms with E-state index in [0.717, 1.165) is 18.5 Å². The standard InChI is InChI=1S/C11H15N3O/c1-14(10-6-7-10)11(15)8-2-4-9(13-12)5-3-8/h2-5,10,13H,6-7,12H2,1H3. The van der Waals surface area contributed by atoms with Gasteiger partial charge in [-0.05, 0) is 37.1 Å². The third-order valence-corrected chi connectivity index (χ3v) is 2.71. The summed E-state index contributed by atoms with van der Waals surface area (Å²) in [5.41, 5.74) is 4.05. The number of rotatable bonds is 3. The predicted molar refractivity (Wildman–Crippen MR) is 59.4 cm³/mol. The highest BCUT2D eigenvalue weighted by Crippen LogP contribution is 2.26. The van der Waals surface area contributed by atoms with Gasteiger partial charge in [-0.1, -0.05) is 0 Å². The summed E-state index contributed by atoms with van der Waals surface area (Å²) >= 11 is 0. The molecule has 0 saturated heterocycles. The SMILES string of the molecule is CN(C(=O)c1ccc(NN)cc1)C1CC1. The minimum absolute atomic E-state index is 0.0843. The third-order valence-electron chi connectivity index (χ3n) is 2.71. The van der Waals surface area contributed by atoms with Gasteiger partial charge in [-0.15, -0.1) is 0 Å². The summed E-state index contributed by atoms with van der Waals surface area (Å²) < 4.78 is 0. The largest absolute Gasteiger partial charge is 0.339 e. The lowest BCUT2D eigenvalue weighted by Gasteiger charge is -2.16. The molecule has 1 aromatic carbocycles. The molecule has 1 aliphatic carbocycles. The van der Waals surface area contributed by atoms with Gasteiger partial charge < -0.3 is 10.3 Å². The Kier molecular flexibility index (Phi) is 2.60. The fourth-order valence-corrected chi connectivity index (χ4v) is 1.54. The summed E-state index contributed by atoms with van der Waals surface area (Å²) in [6.45, 7) is 0. The van der Waals surface area contributed by atoms with Crippen LogP contribution >= 0.6 is 0 Å². The van der Waals surface area contributed by atoms with Gasteiger partial charge >= 0.3 is 0 Å². The van der Waals surface area contributed by atoms with Crippen LogP contribution in [-0.4, -0.2) is 23.9 Å². The van der Waals surface area contributed by atoms with Crippen LogP contribution < -0.4 is 11.3 Å². The zero-order chi connectivity index (χ0) is 10.8. The van der Waals surface area contributed by atoms with Crippen LogP contribution in [0.5, 0.6) is 0 Å². The molecule has 0 radical (unpaired) electrons. The number of nitrogens with one attached hydrogen (secondary N) is 1. The first kappa shape index (κ1) is 9.98. The molecule has 4 heteroatoms. The molecule has 0 aliphatic heterocycles. The molecule has 1 aliphatic rings. The maximum Gasteiger partial charge on any atom is 0.253 e. The van der Waals surface area contributed by atoms with Crippen LogP contribution in [-0.2, 0) is 0 Å². The van der Waals surface area contributed by atoms with Crippen molar-refractivity contribution >= 4 is 11.6 Å². The normalized spacial score (nSPS) is 14.8. The number of carbonyl (C=O) groups is 1. The van der Waals surface area contributed by atoms with E-state index in [-0.39, 0.29) is 5.91 Å². The molecular formula is C11H15N3O. The number of hydrazine groups is 1. The average molecular weight is 205 g/mol. The van der Waals surface area contributed by atoms with E-state index in [0.29, 0.717) is 11.6 Å². The average Bonchev–Trinajstić information content (AvgIpc) is 3.11. The fraction of sp³-hybridized carbons (Fsp3) is 0.364. The third kappa shape index (κ3) is 2.10. The second-order valence-electron chi connectivity index (χ2n) is 3.87. The van der Waals surface area contributed by atoms with Gasteiger partial charge in [0.15, 0.2) is 0 Å². The van der Waals surface area contributed by atoms with Crippen molar-refractivity contribution in [1.82, 2.24) is 4.90 Å². The Morgan fingerprint density at radius 1 is 1.40 bits per heavy atom. The minimum Gasteiger partial charge on any atom is -0.339 e. The summed E-state index contributed by atoms with van der Waals surface area (Å²) in [7, 11) is 1.86. The number of nitrogens with two attached hydrogens (primary N) is 1. The zero-order valence-corrected chi connectivity index (χ0v) is 8.73. The van der Waals surface area contributed by atoms with Gasteiger partial charge in [0.05, 0.1) is 0 Å². The van der Waals surface area contributed by atoms with Crippen LogP contribution in [0.1, 0.15) is 23.2 Å². The number of carbonyl (C=O) groups excluding carboxylic acids is 1. The lowest BCUT2D eigenvalue weighted by Crippen LogP contribution is -2.28. The second-order valence-corrected chi connectivity index (χ2v) is 3.87. The van der Waals surface area contributed by atoms with Gasteiger partial charge in [0.2, 0.25) is 0 Å². The molecule has 0 aromatic heterocycles. The number of amides is 1. The zero-order valence-electron chi connectivity index (χ0n) is 8.73. The highest BCUT2D eigenvalue weighted by Gasteiger charge is 2.29. The summed E-state index contributed by atoms with van der Waals surface area (Å²) in [6, 6.07) is 7.62. The minimum atomic E-state index is 0.0843. The van der Waals surface area contributed by atoms with Crippen LogP contribution in [0.4, 0.5) is 5.69 Å². The second kappa shape index (κ2) is 3.90. The van der Waals surface area contributed by atoms with Crippen molar-refractivity contribution in [1.29, 1.82) is 0 Å². The van der Waals surface area contributed by atoms with Crippen molar-refractivity contribution in [3.05, 3.63) is 29.8 Å². The first-order valence-corrected chi connectivity index (χ1v) is 5.06. The van der Waals surface area contributed by atoms with Gasteiger partial charge in [-0.3, -0.25) is 10.6 Å². The van der Waals surface area contributed by atoms with Gasteiger partial charge in [0, 0.05) is 24.3 Å². The van der Waals surface area contributed by atoms with Gasteiger partial charge in [-0.2, -0.15) is 0 Å². The maximum absolute atomic E-state index is 11.9. The molecule has 0 heterocycles. The van der Waals surface area contributed by atoms with Crippen LogP contribution in [0.15, 0.2) is 24.3 Å². The number of nitrogens with zero attached hydrogens (tertiary/aromatic N) is 1. The number of benzene rings is 1. The molecule has 1 aromatic rings. The van der Waals surface area contributed by atoms with E-state index in [1.807, 2.05) is 11.9 Å². The van der Waals surface area contributed by atoms with E-state index in [1.54, 1.807) is 24.3 Å². The van der Waals surface area contributed by atoms with Gasteiger partial charge in [0.1, 0.15) is 0 Å². The number of hydrogen-bond donors (Lipinski definition) is 2. The molecule has 4 nitrogen and oxygen atoms in total. The molecule has 0 unspecified atom stereocenters. The van der Waals surface area contributed by atoms with Gasteiger partial charge in [0.25, 0.3) is 5.91 Å². The number of nitrogen functional groups attached to an aromatic ring is 1. The van der Waals surface area contributed by atoms with Crippen molar-refractivity contribution in [2.75, 3.05) is 12.5 Å². The Labute approximate surface area is 89.0 Å². The van der Waals surface area contributed by atoms with Crippen LogP contribution in [0.2, 0.25) is 0 Å². The number of anilines is 1. The van der Waals surface area contributed by atoms with Crippen molar-refractivity contribution in [2.45, 2.75) is 18.9 Å². The molecule has 0 atom stereocenters. The molecule has 15 heavy (non-hydrogen) atoms. The summed E-state index contributed by atoms with van der Waals surface area (Å²) in [5, 5.41) is 0. The van der Waals surface area contributed by atoms with E-state index in [9.17, 15) is 4.79 Å². The van der Waals surface area contributed by atoms with E-state index in [4.69, 9.17) is 5.84 Å². The molecule has 1 saturated carbocycles. The van der Waals surface area contributed by atoms with Crippen molar-refractivity contribution in [3.8, 4) is 0 Å². The molecule has 1 fully saturated rings. The Morgan fingerprint density at radius 3 is 2.47 bits per heavy atom. The number of hydrogen-bond acceptors (Lipinski definition) is 3. The van der Waals surface area contributed by atoms with Crippen LogP contribution in [0.3, 0.4) is 0 Å². The summed E-state index contributed by atoms with van der Waals surface area (Å²) in [5.74, 6) is 5.33. The van der Waals surface area contributed by atoms with Crippen LogP contribution in [0.25, 0.3) is 0 Å². The van der Waals surface area contributed by atoms with Crippen molar-refractivity contribution < 1.29 is 4.79 Å². The molecular weight excluding hydrogens is 190 g/mol. The smallest absolute Gasteiger partial charge is 0.253 e. The molecule has 3 N–H and O–H groups in total. The molecule has 0 spiro atoms. The Morgan fingerprint density at radius 2 is 2.00 bits per heavy atom. The maximum atomic E-state index is 11.9. The highest BCUT2D eigenvalue weighted by atomic mass is 16.2. The Hall–Kier alpha value is -1.55. The van der Waals surface area contributed by atoms with E-state index >= 15 is 0 Å². The highest BCUT2D eigenvalue weighted by molar-refractivity contribution is 5.94. The quantitative estimate of drug-likeness (QED) is 0.576. The van der Waals surface area contributed by atoms with Gasteiger partial charge in [-0.25, -0.2) is 0 Å². The lowest BCUT2D eigenvalue weighted by molar-refractivity contribution is 0.0785. The Bertz CT molecular complexity index is 357. The Balaban J connectivity index is 2.10. The topological polar surface area (TPSA) is 58.4 Å². The van der Waals surface area contributed by atoms with Crippen molar-refractivity contribution in [3.63, 3.8) is 0 Å². The first-order valence-electron chi connectivity index (χ1n) is 5.06. The lowest BCUT2D eigenvalue weighted by atomic mass is 10.2. The monoisotopic (exact) mass is 205 g/mol. The van der Waals surface area contributed by atoms with Crippen molar-refractivity contribution in [2.24, 2.45) is 5.84 Å². The molecule has 80 valence electrons. The molecule has 2 rings (SSSR count). The first-order chi connectivity index (χ1) is 7.22. The van der Waals surface area contributed by atoms with Crippen LogP contribution in [0, 0.1) is 0 Å².